The average molecular weight is 631 g/mol. The summed E-state index contributed by atoms with van der Waals surface area (Å²) in [6, 6.07) is 11.9. The fourth-order valence-corrected chi connectivity index (χ4v) is 6.38. The molecule has 5 rings (SSSR count). The zero-order valence-electron chi connectivity index (χ0n) is 18.7. The Kier molecular flexibility index (Phi) is 6.81. The van der Waals surface area contributed by atoms with E-state index in [9.17, 15) is 35.9 Å². The van der Waals surface area contributed by atoms with E-state index in [-0.39, 0.29) is 23.1 Å². The zero-order valence-corrected chi connectivity index (χ0v) is 21.9. The van der Waals surface area contributed by atoms with Crippen LogP contribution >= 0.6 is 39.5 Å². The number of carbonyl (C=O) groups is 2. The van der Waals surface area contributed by atoms with Gasteiger partial charge in [0.1, 0.15) is 0 Å². The summed E-state index contributed by atoms with van der Waals surface area (Å²) >= 11 is 5.52. The predicted molar refractivity (Wildman–Crippen MR) is 136 cm³/mol. The number of fused-ring (bicyclic) bond motifs is 2. The molecule has 1 fully saturated rings. The number of benzene rings is 3. The van der Waals surface area contributed by atoms with E-state index >= 15 is 0 Å². The minimum Gasteiger partial charge on any atom is -0.335 e. The topological polar surface area (TPSA) is 49.4 Å². The van der Waals surface area contributed by atoms with Crippen molar-refractivity contribution in [1.82, 2.24) is 5.32 Å². The molecule has 4 nitrogen and oxygen atoms in total. The van der Waals surface area contributed by atoms with Gasteiger partial charge in [-0.15, -0.1) is 0 Å². The smallest absolute Gasteiger partial charge is 0.335 e. The van der Waals surface area contributed by atoms with Crippen LogP contribution in [0.4, 0.5) is 42.5 Å². The molecule has 2 heterocycles. The van der Waals surface area contributed by atoms with Crippen LogP contribution < -0.4 is 10.2 Å². The quantitative estimate of drug-likeness (QED) is 0.232. The van der Waals surface area contributed by atoms with E-state index < -0.39 is 34.6 Å². The number of alkyl halides is 6. The van der Waals surface area contributed by atoms with Crippen LogP contribution in [0.3, 0.4) is 0 Å². The van der Waals surface area contributed by atoms with Gasteiger partial charge in [-0.2, -0.15) is 26.3 Å². The average Bonchev–Trinajstić information content (AvgIpc) is 3.13. The highest BCUT2D eigenvalue weighted by molar-refractivity contribution is 9.10. The molecule has 0 aliphatic carbocycles. The molecule has 0 unspecified atom stereocenters. The van der Waals surface area contributed by atoms with Gasteiger partial charge in [-0.1, -0.05) is 33.8 Å². The van der Waals surface area contributed by atoms with Gasteiger partial charge in [-0.25, -0.2) is 0 Å². The SMILES string of the molecule is O=C1NC(=O)/C(=C/c2ccc3c(c2)Sc2cc(Br)ccc2N3Cc2cc(C(F)(F)F)cc(C(F)(F)F)c2)S1. The number of rotatable bonds is 3. The molecular formula is C25H13BrF6N2O2S2. The van der Waals surface area contributed by atoms with Crippen molar-refractivity contribution in [1.29, 1.82) is 0 Å². The van der Waals surface area contributed by atoms with E-state index in [1.165, 1.54) is 17.8 Å². The third kappa shape index (κ3) is 5.45. The van der Waals surface area contributed by atoms with E-state index in [1.807, 2.05) is 0 Å². The first-order valence-corrected chi connectivity index (χ1v) is 13.1. The molecule has 0 radical (unpaired) electrons. The highest BCUT2D eigenvalue weighted by Crippen LogP contribution is 2.50. The molecule has 13 heteroatoms. The number of nitrogens with one attached hydrogen (secondary N) is 1. The largest absolute Gasteiger partial charge is 0.416 e. The Hall–Kier alpha value is -2.90. The molecule has 0 spiro atoms. The molecule has 3 aromatic carbocycles. The maximum Gasteiger partial charge on any atom is 0.416 e. The lowest BCUT2D eigenvalue weighted by molar-refractivity contribution is -0.143. The monoisotopic (exact) mass is 630 g/mol. The highest BCUT2D eigenvalue weighted by Gasteiger charge is 2.37. The second kappa shape index (κ2) is 9.69. The van der Waals surface area contributed by atoms with Crippen molar-refractivity contribution in [3.63, 3.8) is 0 Å². The van der Waals surface area contributed by atoms with Crippen LogP contribution in [0, 0.1) is 0 Å². The number of imide groups is 1. The second-order valence-electron chi connectivity index (χ2n) is 8.29. The molecule has 1 N–H and O–H groups in total. The molecule has 196 valence electrons. The van der Waals surface area contributed by atoms with Crippen molar-refractivity contribution < 1.29 is 35.9 Å². The van der Waals surface area contributed by atoms with Gasteiger partial charge in [0.05, 0.1) is 27.4 Å². The lowest BCUT2D eigenvalue weighted by Gasteiger charge is -2.33. The zero-order chi connectivity index (χ0) is 27.4. The first-order valence-electron chi connectivity index (χ1n) is 10.7. The van der Waals surface area contributed by atoms with E-state index in [2.05, 4.69) is 21.2 Å². The molecule has 0 atom stereocenters. The molecule has 2 amide bonds. The number of carbonyl (C=O) groups excluding carboxylic acids is 2. The van der Waals surface area contributed by atoms with E-state index in [4.69, 9.17) is 0 Å². The Balaban J connectivity index is 1.59. The van der Waals surface area contributed by atoms with Crippen molar-refractivity contribution >= 4 is 68.1 Å². The van der Waals surface area contributed by atoms with Crippen LogP contribution in [0.15, 0.2) is 73.8 Å². The lowest BCUT2D eigenvalue weighted by Crippen LogP contribution is -2.21. The summed E-state index contributed by atoms with van der Waals surface area (Å²) in [6.07, 6.45) is -8.37. The number of anilines is 2. The summed E-state index contributed by atoms with van der Waals surface area (Å²) < 4.78 is 81.5. The van der Waals surface area contributed by atoms with Crippen LogP contribution in [-0.2, 0) is 23.7 Å². The lowest BCUT2D eigenvalue weighted by atomic mass is 10.0. The Morgan fingerprint density at radius 1 is 0.816 bits per heavy atom. The Labute approximate surface area is 228 Å². The Bertz CT molecular complexity index is 1490. The fraction of sp³-hybridized carbons (Fsp3) is 0.120. The summed E-state index contributed by atoms with van der Waals surface area (Å²) in [5.74, 6) is -0.522. The second-order valence-corrected chi connectivity index (χ2v) is 11.3. The van der Waals surface area contributed by atoms with Gasteiger partial charge in [0.2, 0.25) is 0 Å². The number of nitrogens with zero attached hydrogens (tertiary/aromatic N) is 1. The number of thioether (sulfide) groups is 1. The predicted octanol–water partition coefficient (Wildman–Crippen LogP) is 8.61. The molecular weight excluding hydrogens is 618 g/mol. The Morgan fingerprint density at radius 3 is 2.00 bits per heavy atom. The van der Waals surface area contributed by atoms with Gasteiger partial charge >= 0.3 is 12.4 Å². The van der Waals surface area contributed by atoms with Gasteiger partial charge in [-0.05, 0) is 77.5 Å². The standard InChI is InChI=1S/C25H13BrF6N2O2S2/c26-16-2-4-18-20(10-16)37-19-7-12(8-21-22(35)33-23(36)38-21)1-3-17(19)34(18)11-13-5-14(24(27,28)29)9-15(6-13)25(30,31)32/h1-10H,11H2,(H,33,35,36)/b21-8-. The van der Waals surface area contributed by atoms with Gasteiger partial charge in [0, 0.05) is 20.8 Å². The van der Waals surface area contributed by atoms with Crippen molar-refractivity contribution in [2.75, 3.05) is 4.90 Å². The van der Waals surface area contributed by atoms with Gasteiger partial charge in [0.15, 0.2) is 0 Å². The number of amides is 2. The van der Waals surface area contributed by atoms with Gasteiger partial charge < -0.3 is 4.90 Å². The molecule has 0 bridgehead atoms. The number of halogens is 7. The third-order valence-corrected chi connectivity index (χ3v) is 8.03. The van der Waals surface area contributed by atoms with Gasteiger partial charge in [-0.3, -0.25) is 14.9 Å². The highest BCUT2D eigenvalue weighted by atomic mass is 79.9. The molecule has 2 aliphatic rings. The van der Waals surface area contributed by atoms with Crippen LogP contribution in [0.1, 0.15) is 22.3 Å². The molecule has 0 saturated carbocycles. The normalized spacial score (nSPS) is 16.5. The molecule has 38 heavy (non-hydrogen) atoms. The summed E-state index contributed by atoms with van der Waals surface area (Å²) in [5.41, 5.74) is -1.15. The van der Waals surface area contributed by atoms with Crippen molar-refractivity contribution in [2.45, 2.75) is 28.7 Å². The van der Waals surface area contributed by atoms with Crippen LogP contribution in [0.2, 0.25) is 0 Å². The Morgan fingerprint density at radius 2 is 1.42 bits per heavy atom. The first kappa shape index (κ1) is 26.7. The fourth-order valence-electron chi connectivity index (χ4n) is 4.00. The van der Waals surface area contributed by atoms with Crippen LogP contribution in [-0.4, -0.2) is 11.1 Å². The van der Waals surface area contributed by atoms with Crippen molar-refractivity contribution in [2.24, 2.45) is 0 Å². The van der Waals surface area contributed by atoms with Crippen molar-refractivity contribution in [3.05, 3.63) is 86.2 Å². The summed E-state index contributed by atoms with van der Waals surface area (Å²) in [4.78, 5) is 26.7. The minimum atomic E-state index is -4.96. The number of hydrogen-bond acceptors (Lipinski definition) is 5. The third-order valence-electron chi connectivity index (χ3n) is 5.64. The minimum absolute atomic E-state index is 0.107. The van der Waals surface area contributed by atoms with Gasteiger partial charge in [0.25, 0.3) is 11.1 Å². The summed E-state index contributed by atoms with van der Waals surface area (Å²) in [5, 5.41) is 1.68. The van der Waals surface area contributed by atoms with E-state index in [1.54, 1.807) is 41.3 Å². The van der Waals surface area contributed by atoms with Crippen molar-refractivity contribution in [3.8, 4) is 0 Å². The maximum atomic E-state index is 13.5. The summed E-state index contributed by atoms with van der Waals surface area (Å²) in [7, 11) is 0. The molecule has 0 aromatic heterocycles. The van der Waals surface area contributed by atoms with Crippen LogP contribution in [0.5, 0.6) is 0 Å². The summed E-state index contributed by atoms with van der Waals surface area (Å²) in [6.45, 7) is -0.262. The van der Waals surface area contributed by atoms with E-state index in [0.29, 0.717) is 21.8 Å². The first-order chi connectivity index (χ1) is 17.8. The molecule has 3 aromatic rings. The molecule has 1 saturated heterocycles. The maximum absolute atomic E-state index is 13.5. The van der Waals surface area contributed by atoms with Crippen LogP contribution in [0.25, 0.3) is 6.08 Å². The molecule has 2 aliphatic heterocycles. The number of hydrogen-bond donors (Lipinski definition) is 1. The van der Waals surface area contributed by atoms with E-state index in [0.717, 1.165) is 33.3 Å².